The van der Waals surface area contributed by atoms with Crippen LogP contribution < -0.4 is 4.90 Å². The van der Waals surface area contributed by atoms with E-state index in [2.05, 4.69) is 29.3 Å². The molecule has 112 valence electrons. The highest BCUT2D eigenvalue weighted by molar-refractivity contribution is 5.29. The Morgan fingerprint density at radius 3 is 2.38 bits per heavy atom. The predicted molar refractivity (Wildman–Crippen MR) is 82.1 cm³/mol. The lowest BCUT2D eigenvalue weighted by molar-refractivity contribution is 0.250. The molecule has 3 rings (SSSR count). The highest BCUT2D eigenvalue weighted by Gasteiger charge is 2.17. The minimum atomic E-state index is 0.859. The Hall–Kier alpha value is -1.95. The molecule has 1 aliphatic heterocycles. The second-order valence-electron chi connectivity index (χ2n) is 5.39. The first kappa shape index (κ1) is 14.0. The third-order valence-electron chi connectivity index (χ3n) is 3.91. The largest absolute Gasteiger partial charge is 0.338 e. The predicted octanol–water partition coefficient (Wildman–Crippen LogP) is 1.28. The summed E-state index contributed by atoms with van der Waals surface area (Å²) in [5.41, 5.74) is 0. The molecule has 0 aliphatic carbocycles. The van der Waals surface area contributed by atoms with E-state index in [1.54, 1.807) is 0 Å². The smallest absolute Gasteiger partial charge is 0.225 e. The fraction of sp³-hybridized carbons (Fsp3) is 0.533. The lowest BCUT2D eigenvalue weighted by Crippen LogP contribution is -2.47. The van der Waals surface area contributed by atoms with Gasteiger partial charge in [-0.15, -0.1) is 0 Å². The van der Waals surface area contributed by atoms with E-state index in [4.69, 9.17) is 0 Å². The van der Waals surface area contributed by atoms with Gasteiger partial charge < -0.3 is 9.47 Å². The molecule has 0 bridgehead atoms. The van der Waals surface area contributed by atoms with Crippen LogP contribution in [0.15, 0.2) is 37.2 Å². The molecule has 2 aromatic rings. The molecule has 0 unspecified atom stereocenters. The van der Waals surface area contributed by atoms with E-state index in [0.29, 0.717) is 0 Å². The third kappa shape index (κ3) is 4.01. The van der Waals surface area contributed by atoms with E-state index in [1.807, 2.05) is 37.2 Å². The van der Waals surface area contributed by atoms with Crippen molar-refractivity contribution in [3.63, 3.8) is 0 Å². The fourth-order valence-electron chi connectivity index (χ4n) is 2.67. The summed E-state index contributed by atoms with van der Waals surface area (Å²) in [6.07, 6.45) is 11.8. The molecule has 6 nitrogen and oxygen atoms in total. The van der Waals surface area contributed by atoms with Crippen LogP contribution in [0.1, 0.15) is 12.8 Å². The molecule has 0 atom stereocenters. The molecular weight excluding hydrogens is 264 g/mol. The maximum Gasteiger partial charge on any atom is 0.225 e. The van der Waals surface area contributed by atoms with Crippen molar-refractivity contribution in [3.8, 4) is 0 Å². The van der Waals surface area contributed by atoms with Crippen molar-refractivity contribution < 1.29 is 0 Å². The highest BCUT2D eigenvalue weighted by atomic mass is 15.3. The average molecular weight is 286 g/mol. The Kier molecular flexibility index (Phi) is 4.78. The lowest BCUT2D eigenvalue weighted by atomic mass is 10.2. The van der Waals surface area contributed by atoms with Gasteiger partial charge in [-0.05, 0) is 25.5 Å². The van der Waals surface area contributed by atoms with Crippen molar-refractivity contribution >= 4 is 5.95 Å². The molecule has 0 spiro atoms. The van der Waals surface area contributed by atoms with Gasteiger partial charge in [0.15, 0.2) is 0 Å². The van der Waals surface area contributed by atoms with Crippen LogP contribution in [0, 0.1) is 0 Å². The van der Waals surface area contributed by atoms with Crippen LogP contribution in [0.2, 0.25) is 0 Å². The molecule has 2 aromatic heterocycles. The summed E-state index contributed by atoms with van der Waals surface area (Å²) in [7, 11) is 0. The number of rotatable bonds is 6. The number of aromatic nitrogens is 4. The van der Waals surface area contributed by atoms with Crippen LogP contribution in [-0.2, 0) is 6.54 Å². The molecular formula is C15H22N6. The van der Waals surface area contributed by atoms with Crippen molar-refractivity contribution in [2.75, 3.05) is 37.6 Å². The van der Waals surface area contributed by atoms with Crippen LogP contribution in [-0.4, -0.2) is 57.1 Å². The standard InChI is InChI=1S/C15H22N6/c1(2-8-20-9-6-16-14-20)7-19-10-12-21(13-11-19)15-17-4-3-5-18-15/h3-6,9,14H,1-2,7-8,10-13H2. The number of unbranched alkanes of at least 4 members (excludes halogenated alkanes) is 1. The second-order valence-corrected chi connectivity index (χ2v) is 5.39. The summed E-state index contributed by atoms with van der Waals surface area (Å²) in [6.45, 7) is 6.49. The Morgan fingerprint density at radius 1 is 0.905 bits per heavy atom. The van der Waals surface area contributed by atoms with E-state index >= 15 is 0 Å². The quantitative estimate of drug-likeness (QED) is 0.749. The Bertz CT molecular complexity index is 504. The second kappa shape index (κ2) is 7.17. The molecule has 0 amide bonds. The minimum absolute atomic E-state index is 0.859. The normalized spacial score (nSPS) is 16.3. The van der Waals surface area contributed by atoms with Gasteiger partial charge in [-0.3, -0.25) is 4.90 Å². The molecule has 0 aromatic carbocycles. The van der Waals surface area contributed by atoms with Crippen LogP contribution in [0.3, 0.4) is 0 Å². The van der Waals surface area contributed by atoms with Gasteiger partial charge in [0.2, 0.25) is 5.95 Å². The molecule has 0 saturated carbocycles. The summed E-state index contributed by atoms with van der Waals surface area (Å²) < 4.78 is 2.14. The summed E-state index contributed by atoms with van der Waals surface area (Å²) in [5.74, 6) is 0.859. The van der Waals surface area contributed by atoms with Gasteiger partial charge in [-0.25, -0.2) is 15.0 Å². The maximum absolute atomic E-state index is 4.32. The van der Waals surface area contributed by atoms with E-state index in [1.165, 1.54) is 19.4 Å². The summed E-state index contributed by atoms with van der Waals surface area (Å²) in [6, 6.07) is 1.86. The van der Waals surface area contributed by atoms with Crippen molar-refractivity contribution in [2.45, 2.75) is 19.4 Å². The van der Waals surface area contributed by atoms with Crippen LogP contribution in [0.25, 0.3) is 0 Å². The molecule has 1 saturated heterocycles. The first-order chi connectivity index (χ1) is 10.4. The third-order valence-corrected chi connectivity index (χ3v) is 3.91. The van der Waals surface area contributed by atoms with E-state index < -0.39 is 0 Å². The van der Waals surface area contributed by atoms with Crippen molar-refractivity contribution in [2.24, 2.45) is 0 Å². The van der Waals surface area contributed by atoms with Gasteiger partial charge in [0.05, 0.1) is 6.33 Å². The molecule has 1 fully saturated rings. The number of aryl methyl sites for hydroxylation is 1. The number of hydrogen-bond donors (Lipinski definition) is 0. The molecule has 0 N–H and O–H groups in total. The van der Waals surface area contributed by atoms with Crippen molar-refractivity contribution in [1.82, 2.24) is 24.4 Å². The van der Waals surface area contributed by atoms with Crippen LogP contribution in [0.4, 0.5) is 5.95 Å². The fourth-order valence-corrected chi connectivity index (χ4v) is 2.67. The molecule has 6 heteroatoms. The van der Waals surface area contributed by atoms with Gasteiger partial charge in [-0.1, -0.05) is 0 Å². The zero-order valence-corrected chi connectivity index (χ0v) is 12.3. The summed E-state index contributed by atoms with van der Waals surface area (Å²) >= 11 is 0. The molecule has 1 aliphatic rings. The van der Waals surface area contributed by atoms with Crippen LogP contribution >= 0.6 is 0 Å². The molecule has 3 heterocycles. The van der Waals surface area contributed by atoms with Crippen molar-refractivity contribution in [3.05, 3.63) is 37.2 Å². The van der Waals surface area contributed by atoms with Crippen molar-refractivity contribution in [1.29, 1.82) is 0 Å². The minimum Gasteiger partial charge on any atom is -0.338 e. The monoisotopic (exact) mass is 286 g/mol. The van der Waals surface area contributed by atoms with Gasteiger partial charge in [-0.2, -0.15) is 0 Å². The average Bonchev–Trinajstić information content (AvgIpc) is 3.06. The SMILES string of the molecule is c1cnc(N2CCN(CCCCn3ccnc3)CC2)nc1. The van der Waals surface area contributed by atoms with Gasteiger partial charge >= 0.3 is 0 Å². The summed E-state index contributed by atoms with van der Waals surface area (Å²) in [4.78, 5) is 17.5. The first-order valence-corrected chi connectivity index (χ1v) is 7.62. The van der Waals surface area contributed by atoms with E-state index in [9.17, 15) is 0 Å². The van der Waals surface area contributed by atoms with Crippen LogP contribution in [0.5, 0.6) is 0 Å². The Balaban J connectivity index is 1.34. The van der Waals surface area contributed by atoms with Gasteiger partial charge in [0.25, 0.3) is 0 Å². The number of piperazine rings is 1. The summed E-state index contributed by atoms with van der Waals surface area (Å²) in [5, 5.41) is 0. The topological polar surface area (TPSA) is 50.1 Å². The molecule has 0 radical (unpaired) electrons. The first-order valence-electron chi connectivity index (χ1n) is 7.62. The maximum atomic E-state index is 4.32. The zero-order chi connectivity index (χ0) is 14.3. The van der Waals surface area contributed by atoms with Gasteiger partial charge in [0, 0.05) is 57.5 Å². The Morgan fingerprint density at radius 2 is 1.67 bits per heavy atom. The lowest BCUT2D eigenvalue weighted by Gasteiger charge is -2.34. The van der Waals surface area contributed by atoms with E-state index in [0.717, 1.165) is 38.7 Å². The number of anilines is 1. The number of hydrogen-bond acceptors (Lipinski definition) is 5. The highest BCUT2D eigenvalue weighted by Crippen LogP contribution is 2.10. The van der Waals surface area contributed by atoms with E-state index in [-0.39, 0.29) is 0 Å². The Labute approximate surface area is 125 Å². The number of nitrogens with zero attached hydrogens (tertiary/aromatic N) is 6. The number of imidazole rings is 1. The zero-order valence-electron chi connectivity index (χ0n) is 12.3. The van der Waals surface area contributed by atoms with Gasteiger partial charge in [0.1, 0.15) is 0 Å². The molecule has 21 heavy (non-hydrogen) atoms.